The summed E-state index contributed by atoms with van der Waals surface area (Å²) in [6.45, 7) is 4.64. The molecule has 5 nitrogen and oxygen atoms in total. The molecule has 1 atom stereocenters. The third kappa shape index (κ3) is 3.97. The van der Waals surface area contributed by atoms with Crippen molar-refractivity contribution in [2.24, 2.45) is 0 Å². The van der Waals surface area contributed by atoms with Gasteiger partial charge in [-0.3, -0.25) is 9.59 Å². The van der Waals surface area contributed by atoms with Gasteiger partial charge in [0.05, 0.1) is 12.5 Å². The minimum atomic E-state index is -0.792. The molecule has 15 heavy (non-hydrogen) atoms. The summed E-state index contributed by atoms with van der Waals surface area (Å²) in [6.07, 6.45) is 0.732. The number of carbonyl (C=O) groups excluding carboxylic acids is 1. The zero-order valence-electron chi connectivity index (χ0n) is 9.03. The summed E-state index contributed by atoms with van der Waals surface area (Å²) in [5, 5.41) is 11.7. The number of hydrogen-bond donors (Lipinski definition) is 2. The molecule has 1 rings (SSSR count). The lowest BCUT2D eigenvalue weighted by molar-refractivity contribution is -0.137. The third-order valence-corrected chi connectivity index (χ3v) is 2.68. The average Bonchev–Trinajstić information content (AvgIpc) is 2.58. The lowest BCUT2D eigenvalue weighted by atomic mass is 10.2. The van der Waals surface area contributed by atoms with Crippen molar-refractivity contribution >= 4 is 11.8 Å². The van der Waals surface area contributed by atoms with Gasteiger partial charge in [0.15, 0.2) is 5.78 Å². The van der Waals surface area contributed by atoms with Crippen LogP contribution in [-0.4, -0.2) is 54.0 Å². The fourth-order valence-electron chi connectivity index (χ4n) is 1.71. The van der Waals surface area contributed by atoms with Gasteiger partial charge in [0.2, 0.25) is 0 Å². The predicted molar refractivity (Wildman–Crippen MR) is 55.8 cm³/mol. The molecule has 0 aromatic heterocycles. The number of ketones is 1. The van der Waals surface area contributed by atoms with Crippen LogP contribution in [0.5, 0.6) is 0 Å². The number of aliphatic carboxylic acids is 1. The van der Waals surface area contributed by atoms with Crippen LogP contribution in [0.15, 0.2) is 0 Å². The van der Waals surface area contributed by atoms with Crippen molar-refractivity contribution in [2.45, 2.75) is 25.8 Å². The highest BCUT2D eigenvalue weighted by molar-refractivity contribution is 5.86. The highest BCUT2D eigenvalue weighted by atomic mass is 16.4. The Kier molecular flexibility index (Phi) is 4.71. The van der Waals surface area contributed by atoms with E-state index in [9.17, 15) is 9.59 Å². The molecule has 0 aromatic rings. The van der Waals surface area contributed by atoms with Crippen LogP contribution < -0.4 is 5.32 Å². The monoisotopic (exact) mass is 214 g/mol. The van der Waals surface area contributed by atoms with Crippen LogP contribution in [0.3, 0.4) is 0 Å². The number of nitrogens with one attached hydrogen (secondary N) is 1. The van der Waals surface area contributed by atoms with Gasteiger partial charge >= 0.3 is 5.97 Å². The van der Waals surface area contributed by atoms with Gasteiger partial charge in [-0.25, -0.2) is 0 Å². The molecule has 0 aromatic carbocycles. The number of carboxylic acid groups (broad SMARTS) is 1. The molecule has 0 aliphatic carbocycles. The maximum atomic E-state index is 11.4. The molecule has 1 unspecified atom stereocenters. The largest absolute Gasteiger partial charge is 0.481 e. The van der Waals surface area contributed by atoms with Crippen LogP contribution in [0.1, 0.15) is 19.8 Å². The SMILES string of the molecule is CCN(CCC(=O)O)CC1NCCC1=O. The Balaban J connectivity index is 2.32. The lowest BCUT2D eigenvalue weighted by Gasteiger charge is -2.22. The summed E-state index contributed by atoms with van der Waals surface area (Å²) in [5.74, 6) is -0.553. The van der Waals surface area contributed by atoms with Crippen molar-refractivity contribution < 1.29 is 14.7 Å². The van der Waals surface area contributed by atoms with Crippen LogP contribution in [0.2, 0.25) is 0 Å². The number of carbonyl (C=O) groups is 2. The molecule has 1 aliphatic rings. The van der Waals surface area contributed by atoms with Crippen LogP contribution in [0, 0.1) is 0 Å². The smallest absolute Gasteiger partial charge is 0.304 e. The van der Waals surface area contributed by atoms with E-state index in [1.54, 1.807) is 0 Å². The molecule has 5 heteroatoms. The van der Waals surface area contributed by atoms with Gasteiger partial charge in [0.25, 0.3) is 0 Å². The Hall–Kier alpha value is -0.940. The molecular weight excluding hydrogens is 196 g/mol. The first kappa shape index (κ1) is 12.1. The van der Waals surface area contributed by atoms with E-state index in [4.69, 9.17) is 5.11 Å². The molecule has 0 saturated carbocycles. The fourth-order valence-corrected chi connectivity index (χ4v) is 1.71. The van der Waals surface area contributed by atoms with Gasteiger partial charge in [0.1, 0.15) is 0 Å². The molecular formula is C10H18N2O3. The van der Waals surface area contributed by atoms with Gasteiger partial charge < -0.3 is 15.3 Å². The summed E-state index contributed by atoms with van der Waals surface area (Å²) in [4.78, 5) is 23.8. The summed E-state index contributed by atoms with van der Waals surface area (Å²) in [6, 6.07) is -0.0984. The van der Waals surface area contributed by atoms with Gasteiger partial charge in [0, 0.05) is 26.1 Å². The fraction of sp³-hybridized carbons (Fsp3) is 0.800. The second kappa shape index (κ2) is 5.82. The standard InChI is InChI=1S/C10H18N2O3/c1-2-12(6-4-10(14)15)7-8-9(13)3-5-11-8/h8,11H,2-7H2,1H3,(H,14,15). The second-order valence-electron chi connectivity index (χ2n) is 3.76. The van der Waals surface area contributed by atoms with Gasteiger partial charge in [-0.05, 0) is 6.54 Å². The molecule has 0 bridgehead atoms. The van der Waals surface area contributed by atoms with Crippen molar-refractivity contribution in [3.63, 3.8) is 0 Å². The van der Waals surface area contributed by atoms with Crippen LogP contribution >= 0.6 is 0 Å². The number of carboxylic acids is 1. The van der Waals surface area contributed by atoms with Crippen LogP contribution in [-0.2, 0) is 9.59 Å². The molecule has 2 N–H and O–H groups in total. The van der Waals surface area contributed by atoms with Crippen molar-refractivity contribution in [3.8, 4) is 0 Å². The first-order valence-corrected chi connectivity index (χ1v) is 5.33. The minimum Gasteiger partial charge on any atom is -0.481 e. The Morgan fingerprint density at radius 1 is 1.67 bits per heavy atom. The Morgan fingerprint density at radius 3 is 2.87 bits per heavy atom. The zero-order chi connectivity index (χ0) is 11.3. The van der Waals surface area contributed by atoms with E-state index in [1.165, 1.54) is 0 Å². The van der Waals surface area contributed by atoms with Gasteiger partial charge in [-0.1, -0.05) is 6.92 Å². The van der Waals surface area contributed by atoms with Crippen molar-refractivity contribution in [3.05, 3.63) is 0 Å². The molecule has 1 heterocycles. The Bertz CT molecular complexity index is 243. The van der Waals surface area contributed by atoms with Crippen molar-refractivity contribution in [1.29, 1.82) is 0 Å². The number of Topliss-reactive ketones (excluding diaryl/α,β-unsaturated/α-hetero) is 1. The quantitative estimate of drug-likeness (QED) is 0.636. The van der Waals surface area contributed by atoms with E-state index < -0.39 is 5.97 Å². The first-order valence-electron chi connectivity index (χ1n) is 5.33. The topological polar surface area (TPSA) is 69.6 Å². The Morgan fingerprint density at radius 2 is 2.40 bits per heavy atom. The average molecular weight is 214 g/mol. The lowest BCUT2D eigenvalue weighted by Crippen LogP contribution is -2.41. The molecule has 0 amide bonds. The predicted octanol–water partition coefficient (Wildman–Crippen LogP) is -0.286. The van der Waals surface area contributed by atoms with Crippen LogP contribution in [0.25, 0.3) is 0 Å². The van der Waals surface area contributed by atoms with E-state index in [-0.39, 0.29) is 18.2 Å². The molecule has 86 valence electrons. The van der Waals surface area contributed by atoms with E-state index in [1.807, 2.05) is 11.8 Å². The van der Waals surface area contributed by atoms with Crippen LogP contribution in [0.4, 0.5) is 0 Å². The molecule has 0 radical (unpaired) electrons. The van der Waals surface area contributed by atoms with Crippen molar-refractivity contribution in [1.82, 2.24) is 10.2 Å². The molecule has 1 fully saturated rings. The van der Waals surface area contributed by atoms with Gasteiger partial charge in [-0.15, -0.1) is 0 Å². The zero-order valence-corrected chi connectivity index (χ0v) is 9.03. The van der Waals surface area contributed by atoms with E-state index in [2.05, 4.69) is 5.32 Å². The molecule has 1 saturated heterocycles. The highest BCUT2D eigenvalue weighted by Gasteiger charge is 2.25. The summed E-state index contributed by atoms with van der Waals surface area (Å²) in [5.41, 5.74) is 0. The van der Waals surface area contributed by atoms with E-state index >= 15 is 0 Å². The van der Waals surface area contributed by atoms with Gasteiger partial charge in [-0.2, -0.15) is 0 Å². The minimum absolute atomic E-state index is 0.0984. The maximum absolute atomic E-state index is 11.4. The van der Waals surface area contributed by atoms with Crippen molar-refractivity contribution in [2.75, 3.05) is 26.2 Å². The third-order valence-electron chi connectivity index (χ3n) is 2.68. The molecule has 0 spiro atoms. The summed E-state index contributed by atoms with van der Waals surface area (Å²) >= 11 is 0. The number of likely N-dealkylation sites (N-methyl/N-ethyl adjacent to an activating group) is 1. The van der Waals surface area contributed by atoms with E-state index in [0.29, 0.717) is 19.5 Å². The van der Waals surface area contributed by atoms with E-state index in [0.717, 1.165) is 13.1 Å². The first-order chi connectivity index (χ1) is 7.13. The summed E-state index contributed by atoms with van der Waals surface area (Å²) in [7, 11) is 0. The Labute approximate surface area is 89.4 Å². The second-order valence-corrected chi connectivity index (χ2v) is 3.76. The normalized spacial score (nSPS) is 21.2. The number of rotatable bonds is 6. The molecule has 1 aliphatic heterocycles. The number of hydrogen-bond acceptors (Lipinski definition) is 4. The highest BCUT2D eigenvalue weighted by Crippen LogP contribution is 2.03. The maximum Gasteiger partial charge on any atom is 0.304 e. The number of nitrogens with zero attached hydrogens (tertiary/aromatic N) is 1. The summed E-state index contributed by atoms with van der Waals surface area (Å²) < 4.78 is 0.